The molecule has 3 aromatic rings. The van der Waals surface area contributed by atoms with Gasteiger partial charge in [0.25, 0.3) is 11.8 Å². The number of ether oxygens (including phenoxy) is 1. The Balaban J connectivity index is 1.80. The first-order chi connectivity index (χ1) is 12.9. The highest BCUT2D eigenvalue weighted by molar-refractivity contribution is 5.99. The number of methoxy groups -OCH3 is 1. The predicted molar refractivity (Wildman–Crippen MR) is 103 cm³/mol. The minimum Gasteiger partial charge on any atom is -0.497 e. The molecule has 6 heteroatoms. The fourth-order valence-corrected chi connectivity index (χ4v) is 2.96. The standard InChI is InChI=1S/C21H22N2O4/c1-13-17-11-16(26-4)9-10-18(17)27-19(13)21(25)23(3)12-14-5-7-15(8-6-14)20(24)22-2/h5-11H,12H2,1-4H3,(H,22,24). The Morgan fingerprint density at radius 3 is 2.48 bits per heavy atom. The van der Waals surface area contributed by atoms with E-state index in [4.69, 9.17) is 9.15 Å². The molecular formula is C21H22N2O4. The molecule has 1 heterocycles. The van der Waals surface area contributed by atoms with Crippen LogP contribution in [0.2, 0.25) is 0 Å². The molecule has 0 unspecified atom stereocenters. The summed E-state index contributed by atoms with van der Waals surface area (Å²) in [4.78, 5) is 26.1. The van der Waals surface area contributed by atoms with Crippen LogP contribution in [0.25, 0.3) is 11.0 Å². The number of amides is 2. The van der Waals surface area contributed by atoms with Gasteiger partial charge < -0.3 is 19.4 Å². The number of fused-ring (bicyclic) bond motifs is 1. The zero-order valence-corrected chi connectivity index (χ0v) is 15.8. The number of carbonyl (C=O) groups is 2. The lowest BCUT2D eigenvalue weighted by Gasteiger charge is -2.16. The zero-order valence-electron chi connectivity index (χ0n) is 15.8. The average molecular weight is 366 g/mol. The number of hydrogen-bond acceptors (Lipinski definition) is 4. The highest BCUT2D eigenvalue weighted by Crippen LogP contribution is 2.29. The largest absolute Gasteiger partial charge is 0.497 e. The summed E-state index contributed by atoms with van der Waals surface area (Å²) in [6, 6.07) is 12.6. The van der Waals surface area contributed by atoms with E-state index in [0.29, 0.717) is 23.5 Å². The topological polar surface area (TPSA) is 71.8 Å². The van der Waals surface area contributed by atoms with Gasteiger partial charge in [-0.2, -0.15) is 0 Å². The van der Waals surface area contributed by atoms with E-state index in [-0.39, 0.29) is 11.8 Å². The first-order valence-corrected chi connectivity index (χ1v) is 8.58. The molecule has 2 aromatic carbocycles. The number of benzene rings is 2. The van der Waals surface area contributed by atoms with E-state index in [9.17, 15) is 9.59 Å². The number of rotatable bonds is 5. The van der Waals surface area contributed by atoms with Crippen molar-refractivity contribution in [3.05, 3.63) is 64.9 Å². The van der Waals surface area contributed by atoms with E-state index in [0.717, 1.165) is 22.3 Å². The molecule has 0 saturated carbocycles. The third-order valence-corrected chi connectivity index (χ3v) is 4.55. The van der Waals surface area contributed by atoms with Gasteiger partial charge >= 0.3 is 0 Å². The Morgan fingerprint density at radius 2 is 1.85 bits per heavy atom. The second kappa shape index (κ2) is 7.53. The van der Waals surface area contributed by atoms with Gasteiger partial charge in [-0.05, 0) is 42.8 Å². The molecule has 3 rings (SSSR count). The van der Waals surface area contributed by atoms with E-state index in [1.54, 1.807) is 50.4 Å². The molecule has 2 amide bonds. The smallest absolute Gasteiger partial charge is 0.289 e. The van der Waals surface area contributed by atoms with Gasteiger partial charge in [-0.1, -0.05) is 12.1 Å². The highest BCUT2D eigenvalue weighted by atomic mass is 16.5. The Bertz CT molecular complexity index is 989. The molecule has 0 aliphatic carbocycles. The molecule has 0 saturated heterocycles. The molecule has 0 aliphatic heterocycles. The van der Waals surface area contributed by atoms with Gasteiger partial charge in [0.1, 0.15) is 11.3 Å². The van der Waals surface area contributed by atoms with Crippen LogP contribution in [0, 0.1) is 6.92 Å². The summed E-state index contributed by atoms with van der Waals surface area (Å²) in [5, 5.41) is 3.45. The summed E-state index contributed by atoms with van der Waals surface area (Å²) in [6.45, 7) is 2.27. The van der Waals surface area contributed by atoms with Crippen LogP contribution in [0.3, 0.4) is 0 Å². The predicted octanol–water partition coefficient (Wildman–Crippen LogP) is 3.38. The van der Waals surface area contributed by atoms with Crippen LogP contribution in [0.5, 0.6) is 5.75 Å². The molecule has 0 fully saturated rings. The van der Waals surface area contributed by atoms with Gasteiger partial charge in [0.15, 0.2) is 5.76 Å². The lowest BCUT2D eigenvalue weighted by atomic mass is 10.1. The minimum absolute atomic E-state index is 0.140. The van der Waals surface area contributed by atoms with Crippen LogP contribution in [-0.4, -0.2) is 37.9 Å². The van der Waals surface area contributed by atoms with Gasteiger partial charge in [0.2, 0.25) is 0 Å². The van der Waals surface area contributed by atoms with Crippen molar-refractivity contribution in [2.24, 2.45) is 0 Å². The molecule has 0 spiro atoms. The van der Waals surface area contributed by atoms with Crippen molar-refractivity contribution in [1.82, 2.24) is 10.2 Å². The van der Waals surface area contributed by atoms with Crippen LogP contribution in [0.1, 0.15) is 32.0 Å². The first-order valence-electron chi connectivity index (χ1n) is 8.58. The summed E-state index contributed by atoms with van der Waals surface area (Å²) in [7, 11) is 4.92. The number of aryl methyl sites for hydroxylation is 1. The molecular weight excluding hydrogens is 344 g/mol. The third-order valence-electron chi connectivity index (χ3n) is 4.55. The van der Waals surface area contributed by atoms with Crippen LogP contribution in [0.15, 0.2) is 46.9 Å². The molecule has 0 atom stereocenters. The fraction of sp³-hybridized carbons (Fsp3) is 0.238. The van der Waals surface area contributed by atoms with Crippen LogP contribution < -0.4 is 10.1 Å². The van der Waals surface area contributed by atoms with Crippen LogP contribution >= 0.6 is 0 Å². The van der Waals surface area contributed by atoms with Crippen molar-refractivity contribution in [1.29, 1.82) is 0 Å². The normalized spacial score (nSPS) is 10.7. The van der Waals surface area contributed by atoms with Crippen molar-refractivity contribution >= 4 is 22.8 Å². The lowest BCUT2D eigenvalue weighted by molar-refractivity contribution is 0.0754. The van der Waals surface area contributed by atoms with Gasteiger partial charge in [-0.25, -0.2) is 0 Å². The van der Waals surface area contributed by atoms with Gasteiger partial charge in [0.05, 0.1) is 7.11 Å². The molecule has 6 nitrogen and oxygen atoms in total. The molecule has 140 valence electrons. The molecule has 1 aromatic heterocycles. The van der Waals surface area contributed by atoms with Crippen molar-refractivity contribution in [3.63, 3.8) is 0 Å². The molecule has 1 N–H and O–H groups in total. The second-order valence-electron chi connectivity index (χ2n) is 6.36. The SMILES string of the molecule is CNC(=O)c1ccc(CN(C)C(=O)c2oc3ccc(OC)cc3c2C)cc1. The highest BCUT2D eigenvalue weighted by Gasteiger charge is 2.21. The monoisotopic (exact) mass is 366 g/mol. The van der Waals surface area contributed by atoms with Crippen molar-refractivity contribution in [3.8, 4) is 5.75 Å². The number of nitrogens with zero attached hydrogens (tertiary/aromatic N) is 1. The van der Waals surface area contributed by atoms with Crippen LogP contribution in [0.4, 0.5) is 0 Å². The Hall–Kier alpha value is -3.28. The summed E-state index contributed by atoms with van der Waals surface area (Å²) in [6.07, 6.45) is 0. The van der Waals surface area contributed by atoms with Gasteiger partial charge in [-0.15, -0.1) is 0 Å². The summed E-state index contributed by atoms with van der Waals surface area (Å²) in [5.74, 6) is 0.704. The molecule has 27 heavy (non-hydrogen) atoms. The van der Waals surface area contributed by atoms with Crippen molar-refractivity contribution in [2.45, 2.75) is 13.5 Å². The van der Waals surface area contributed by atoms with Gasteiger partial charge in [-0.3, -0.25) is 9.59 Å². The summed E-state index contributed by atoms with van der Waals surface area (Å²) in [5.41, 5.74) is 2.95. The molecule has 0 bridgehead atoms. The zero-order chi connectivity index (χ0) is 19.6. The average Bonchev–Trinajstić information content (AvgIpc) is 3.03. The molecule has 0 aliphatic rings. The number of nitrogens with one attached hydrogen (secondary N) is 1. The lowest BCUT2D eigenvalue weighted by Crippen LogP contribution is -2.26. The maximum atomic E-state index is 12.9. The second-order valence-corrected chi connectivity index (χ2v) is 6.36. The van der Waals surface area contributed by atoms with E-state index in [1.165, 1.54) is 0 Å². The Kier molecular flexibility index (Phi) is 5.16. The van der Waals surface area contributed by atoms with E-state index < -0.39 is 0 Å². The van der Waals surface area contributed by atoms with E-state index in [1.807, 2.05) is 25.1 Å². The fourth-order valence-electron chi connectivity index (χ4n) is 2.96. The number of carbonyl (C=O) groups excluding carboxylic acids is 2. The number of hydrogen-bond donors (Lipinski definition) is 1. The first kappa shape index (κ1) is 18.5. The molecule has 0 radical (unpaired) electrons. The number of furan rings is 1. The third kappa shape index (κ3) is 3.65. The van der Waals surface area contributed by atoms with E-state index in [2.05, 4.69) is 5.32 Å². The summed E-state index contributed by atoms with van der Waals surface area (Å²) < 4.78 is 11.0. The van der Waals surface area contributed by atoms with Gasteiger partial charge in [0, 0.05) is 37.2 Å². The maximum Gasteiger partial charge on any atom is 0.289 e. The Labute approximate surface area is 157 Å². The maximum absolute atomic E-state index is 12.9. The van der Waals surface area contributed by atoms with Crippen LogP contribution in [-0.2, 0) is 6.54 Å². The van der Waals surface area contributed by atoms with Crippen molar-refractivity contribution in [2.75, 3.05) is 21.2 Å². The van der Waals surface area contributed by atoms with Crippen molar-refractivity contribution < 1.29 is 18.7 Å². The minimum atomic E-state index is -0.196. The van der Waals surface area contributed by atoms with E-state index >= 15 is 0 Å². The Morgan fingerprint density at radius 1 is 1.15 bits per heavy atom. The quantitative estimate of drug-likeness (QED) is 0.751. The summed E-state index contributed by atoms with van der Waals surface area (Å²) >= 11 is 0.